The van der Waals surface area contributed by atoms with Gasteiger partial charge < -0.3 is 15.8 Å². The van der Waals surface area contributed by atoms with Gasteiger partial charge in [0, 0.05) is 22.7 Å². The minimum atomic E-state index is -0.599. The molecule has 4 N–H and O–H groups in total. The van der Waals surface area contributed by atoms with Crippen LogP contribution in [0.15, 0.2) is 72.8 Å². The second-order valence-corrected chi connectivity index (χ2v) is 8.30. The number of halogens is 2. The van der Waals surface area contributed by atoms with Gasteiger partial charge >= 0.3 is 6.09 Å². The lowest BCUT2D eigenvalue weighted by atomic mass is 10.0. The number of carbonyl (C=O) groups excluding carboxylic acids is 2. The first kappa shape index (κ1) is 25.2. The Morgan fingerprint density at radius 1 is 1.06 bits per heavy atom. The Hall–Kier alpha value is -3.42. The smallest absolute Gasteiger partial charge is 0.411 e. The Morgan fingerprint density at radius 3 is 2.38 bits per heavy atom. The molecule has 0 saturated heterocycles. The van der Waals surface area contributed by atoms with E-state index in [4.69, 9.17) is 10.5 Å². The maximum Gasteiger partial charge on any atom is 0.411 e. The lowest BCUT2D eigenvalue weighted by molar-refractivity contribution is 0.102. The molecule has 2 amide bonds. The fourth-order valence-electron chi connectivity index (χ4n) is 3.79. The van der Waals surface area contributed by atoms with Crippen LogP contribution in [0.1, 0.15) is 47.2 Å². The van der Waals surface area contributed by atoms with Crippen molar-refractivity contribution in [2.75, 3.05) is 10.6 Å². The van der Waals surface area contributed by atoms with Gasteiger partial charge in [0.15, 0.2) is 0 Å². The van der Waals surface area contributed by atoms with Crippen LogP contribution in [0, 0.1) is 5.82 Å². The summed E-state index contributed by atoms with van der Waals surface area (Å²) >= 11 is 0. The number of anilines is 2. The number of benzene rings is 3. The molecule has 0 radical (unpaired) electrons. The summed E-state index contributed by atoms with van der Waals surface area (Å²) in [6.45, 7) is 2.18. The van der Waals surface area contributed by atoms with Gasteiger partial charge in [-0.2, -0.15) is 0 Å². The first-order valence-corrected chi connectivity index (χ1v) is 10.9. The molecule has 3 aromatic rings. The van der Waals surface area contributed by atoms with Crippen LogP contribution in [-0.2, 0) is 11.3 Å². The molecule has 0 heterocycles. The molecule has 1 fully saturated rings. The zero-order valence-corrected chi connectivity index (χ0v) is 19.5. The molecular formula is C26H27ClFN3O3. The molecule has 1 saturated carbocycles. The summed E-state index contributed by atoms with van der Waals surface area (Å²) in [7, 11) is 0. The van der Waals surface area contributed by atoms with Crippen molar-refractivity contribution in [2.24, 2.45) is 5.73 Å². The maximum atomic E-state index is 14.6. The fraction of sp³-hybridized carbons (Fsp3) is 0.231. The predicted molar refractivity (Wildman–Crippen MR) is 133 cm³/mol. The Bertz CT molecular complexity index is 1160. The number of amides is 2. The molecule has 0 aromatic heterocycles. The lowest BCUT2D eigenvalue weighted by Crippen LogP contribution is -2.22. The van der Waals surface area contributed by atoms with E-state index in [9.17, 15) is 14.0 Å². The van der Waals surface area contributed by atoms with Crippen molar-refractivity contribution in [3.63, 3.8) is 0 Å². The van der Waals surface area contributed by atoms with Crippen LogP contribution < -0.4 is 16.4 Å². The monoisotopic (exact) mass is 483 g/mol. The first-order valence-electron chi connectivity index (χ1n) is 10.9. The molecule has 34 heavy (non-hydrogen) atoms. The number of hydrogen-bond donors (Lipinski definition) is 3. The molecule has 3 aromatic carbocycles. The second kappa shape index (κ2) is 10.7. The van der Waals surface area contributed by atoms with Gasteiger partial charge in [0.1, 0.15) is 12.4 Å². The van der Waals surface area contributed by atoms with Crippen LogP contribution in [0.25, 0.3) is 0 Å². The van der Waals surface area contributed by atoms with Crippen molar-refractivity contribution in [1.29, 1.82) is 0 Å². The zero-order chi connectivity index (χ0) is 23.4. The zero-order valence-electron chi connectivity index (χ0n) is 18.7. The third-order valence-electron chi connectivity index (χ3n) is 6.03. The van der Waals surface area contributed by atoms with Gasteiger partial charge in [-0.25, -0.2) is 9.18 Å². The summed E-state index contributed by atoms with van der Waals surface area (Å²) in [6, 6.07) is 20.4. The number of nitrogens with two attached hydrogens (primary N) is 1. The molecule has 8 heteroatoms. The molecule has 0 spiro atoms. The van der Waals surface area contributed by atoms with Crippen molar-refractivity contribution in [2.45, 2.75) is 37.8 Å². The summed E-state index contributed by atoms with van der Waals surface area (Å²) < 4.78 is 19.7. The van der Waals surface area contributed by atoms with E-state index < -0.39 is 17.8 Å². The highest BCUT2D eigenvalue weighted by molar-refractivity contribution is 6.04. The normalized spacial score (nSPS) is 18.4. The van der Waals surface area contributed by atoms with Gasteiger partial charge in [0.25, 0.3) is 5.91 Å². The second-order valence-electron chi connectivity index (χ2n) is 8.30. The summed E-state index contributed by atoms with van der Waals surface area (Å²) in [4.78, 5) is 24.5. The van der Waals surface area contributed by atoms with Crippen LogP contribution in [0.3, 0.4) is 0 Å². The molecule has 178 valence electrons. The van der Waals surface area contributed by atoms with E-state index in [0.29, 0.717) is 11.3 Å². The van der Waals surface area contributed by atoms with Gasteiger partial charge in [-0.05, 0) is 60.4 Å². The molecule has 1 aliphatic carbocycles. The number of nitrogens with one attached hydrogen (secondary N) is 2. The highest BCUT2D eigenvalue weighted by Crippen LogP contribution is 2.51. The van der Waals surface area contributed by atoms with Gasteiger partial charge in [-0.1, -0.05) is 43.3 Å². The highest BCUT2D eigenvalue weighted by Gasteiger charge is 2.50. The number of hydrogen-bond acceptors (Lipinski definition) is 4. The lowest BCUT2D eigenvalue weighted by Gasteiger charge is -2.11. The Morgan fingerprint density at radius 2 is 1.76 bits per heavy atom. The standard InChI is InChI=1S/C26H26FN3O3.ClH/c1-2-26(28)15-21(26)19-10-13-23(22(27)14-19)30-24(31)18-8-11-20(12-9-18)29-25(32)33-16-17-6-4-3-5-7-17;/h3-14,21H,2,15-16,28H2,1H3,(H,29,32)(H,30,31);1H. The SMILES string of the molecule is CCC1(N)CC1c1ccc(NC(=O)c2ccc(NC(=O)OCc3ccccc3)cc2)c(F)c1.Cl. The van der Waals surface area contributed by atoms with Crippen LogP contribution >= 0.6 is 12.4 Å². The van der Waals surface area contributed by atoms with Gasteiger partial charge in [0.05, 0.1) is 5.69 Å². The number of carbonyl (C=O) groups is 2. The third kappa shape index (κ3) is 5.92. The van der Waals surface area contributed by atoms with E-state index in [2.05, 4.69) is 10.6 Å². The van der Waals surface area contributed by atoms with E-state index in [-0.39, 0.29) is 36.2 Å². The van der Waals surface area contributed by atoms with E-state index in [0.717, 1.165) is 24.0 Å². The van der Waals surface area contributed by atoms with Crippen molar-refractivity contribution < 1.29 is 18.7 Å². The van der Waals surface area contributed by atoms with E-state index in [1.165, 1.54) is 6.07 Å². The molecule has 2 unspecified atom stereocenters. The molecule has 6 nitrogen and oxygen atoms in total. The molecule has 0 aliphatic heterocycles. The van der Waals surface area contributed by atoms with Crippen LogP contribution in [0.5, 0.6) is 0 Å². The Labute approximate surface area is 204 Å². The van der Waals surface area contributed by atoms with Crippen molar-refractivity contribution in [3.8, 4) is 0 Å². The Kier molecular flexibility index (Phi) is 7.91. The van der Waals surface area contributed by atoms with Gasteiger partial charge in [0.2, 0.25) is 0 Å². The Balaban J connectivity index is 0.00000324. The van der Waals surface area contributed by atoms with Crippen LogP contribution in [-0.4, -0.2) is 17.5 Å². The van der Waals surface area contributed by atoms with Crippen molar-refractivity contribution in [3.05, 3.63) is 95.3 Å². The van der Waals surface area contributed by atoms with Crippen LogP contribution in [0.2, 0.25) is 0 Å². The summed E-state index contributed by atoms with van der Waals surface area (Å²) in [5, 5.41) is 5.20. The highest BCUT2D eigenvalue weighted by atomic mass is 35.5. The molecule has 0 bridgehead atoms. The minimum Gasteiger partial charge on any atom is -0.444 e. The average Bonchev–Trinajstić information content (AvgIpc) is 3.52. The van der Waals surface area contributed by atoms with Crippen molar-refractivity contribution in [1.82, 2.24) is 0 Å². The largest absolute Gasteiger partial charge is 0.444 e. The molecule has 4 rings (SSSR count). The molecule has 2 atom stereocenters. The van der Waals surface area contributed by atoms with Crippen LogP contribution in [0.4, 0.5) is 20.6 Å². The number of ether oxygens (including phenoxy) is 1. The van der Waals surface area contributed by atoms with Gasteiger partial charge in [-0.3, -0.25) is 10.1 Å². The van der Waals surface area contributed by atoms with Gasteiger partial charge in [-0.15, -0.1) is 12.4 Å². The van der Waals surface area contributed by atoms with E-state index in [1.54, 1.807) is 30.3 Å². The van der Waals surface area contributed by atoms with E-state index in [1.807, 2.05) is 43.3 Å². The molecular weight excluding hydrogens is 457 g/mol. The number of rotatable bonds is 7. The third-order valence-corrected chi connectivity index (χ3v) is 6.03. The topological polar surface area (TPSA) is 93.5 Å². The average molecular weight is 484 g/mol. The molecule has 1 aliphatic rings. The quantitative estimate of drug-likeness (QED) is 0.393. The summed E-state index contributed by atoms with van der Waals surface area (Å²) in [5.41, 5.74) is 8.62. The first-order chi connectivity index (χ1) is 15.9. The minimum absolute atomic E-state index is 0. The van der Waals surface area contributed by atoms with E-state index >= 15 is 0 Å². The fourth-order valence-corrected chi connectivity index (χ4v) is 3.79. The van der Waals surface area contributed by atoms with Crippen molar-refractivity contribution >= 4 is 35.8 Å². The summed E-state index contributed by atoms with van der Waals surface area (Å²) in [5.74, 6) is -0.792. The predicted octanol–water partition coefficient (Wildman–Crippen LogP) is 5.84. The summed E-state index contributed by atoms with van der Waals surface area (Å²) in [6.07, 6.45) is 1.08. The maximum absolute atomic E-state index is 14.6.